The standard InChI is InChI=1S/C9H14N2O2/c1-7(5-6-9(11)13)3-2-4-8(10)12/h2,4-7H,3H2,1H3,(H2,10,12)(H2,11,13). The highest BCUT2D eigenvalue weighted by Crippen LogP contribution is 2.03. The average molecular weight is 182 g/mol. The third kappa shape index (κ3) is 8.33. The molecule has 0 aliphatic carbocycles. The number of nitrogens with two attached hydrogens (primary N) is 2. The second-order valence-electron chi connectivity index (χ2n) is 2.78. The normalized spacial score (nSPS) is 13.6. The van der Waals surface area contributed by atoms with Crippen molar-refractivity contribution in [1.29, 1.82) is 0 Å². The number of carbonyl (C=O) groups is 2. The molecule has 0 radical (unpaired) electrons. The van der Waals surface area contributed by atoms with Crippen molar-refractivity contribution in [3.63, 3.8) is 0 Å². The van der Waals surface area contributed by atoms with Gasteiger partial charge in [-0.2, -0.15) is 0 Å². The number of rotatable bonds is 5. The van der Waals surface area contributed by atoms with E-state index in [4.69, 9.17) is 11.5 Å². The lowest BCUT2D eigenvalue weighted by Crippen LogP contribution is -2.06. The first-order valence-corrected chi connectivity index (χ1v) is 3.96. The van der Waals surface area contributed by atoms with Gasteiger partial charge >= 0.3 is 0 Å². The number of allylic oxidation sites excluding steroid dienone is 2. The summed E-state index contributed by atoms with van der Waals surface area (Å²) in [4.78, 5) is 20.6. The van der Waals surface area contributed by atoms with Crippen LogP contribution in [0, 0.1) is 5.92 Å². The summed E-state index contributed by atoms with van der Waals surface area (Å²) in [6.07, 6.45) is 6.62. The molecule has 0 aliphatic heterocycles. The average Bonchev–Trinajstić information content (AvgIpc) is 2.00. The fraction of sp³-hybridized carbons (Fsp3) is 0.333. The molecule has 0 aromatic heterocycles. The van der Waals surface area contributed by atoms with Crippen LogP contribution in [0.25, 0.3) is 0 Å². The molecule has 1 atom stereocenters. The van der Waals surface area contributed by atoms with Gasteiger partial charge in [-0.15, -0.1) is 0 Å². The number of carbonyl (C=O) groups excluding carboxylic acids is 2. The van der Waals surface area contributed by atoms with Crippen molar-refractivity contribution in [2.75, 3.05) is 0 Å². The summed E-state index contributed by atoms with van der Waals surface area (Å²) >= 11 is 0. The first-order valence-electron chi connectivity index (χ1n) is 3.96. The lowest BCUT2D eigenvalue weighted by atomic mass is 10.1. The van der Waals surface area contributed by atoms with Crippen molar-refractivity contribution in [3.8, 4) is 0 Å². The highest BCUT2D eigenvalue weighted by atomic mass is 16.1. The Balaban J connectivity index is 3.81. The summed E-state index contributed by atoms with van der Waals surface area (Å²) in [6, 6.07) is 0. The number of hydrogen-bond acceptors (Lipinski definition) is 2. The molecule has 1 unspecified atom stereocenters. The van der Waals surface area contributed by atoms with E-state index in [1.807, 2.05) is 6.92 Å². The molecule has 0 spiro atoms. The lowest BCUT2D eigenvalue weighted by molar-refractivity contribution is -0.114. The summed E-state index contributed by atoms with van der Waals surface area (Å²) < 4.78 is 0. The molecule has 0 aliphatic rings. The van der Waals surface area contributed by atoms with Gasteiger partial charge in [0.25, 0.3) is 0 Å². The Morgan fingerprint density at radius 2 is 1.77 bits per heavy atom. The highest BCUT2D eigenvalue weighted by Gasteiger charge is 1.94. The van der Waals surface area contributed by atoms with E-state index in [1.165, 1.54) is 12.2 Å². The van der Waals surface area contributed by atoms with Crippen LogP contribution in [-0.2, 0) is 9.59 Å². The van der Waals surface area contributed by atoms with Gasteiger partial charge in [-0.1, -0.05) is 19.1 Å². The first-order chi connectivity index (χ1) is 6.02. The van der Waals surface area contributed by atoms with Crippen LogP contribution in [0.2, 0.25) is 0 Å². The highest BCUT2D eigenvalue weighted by molar-refractivity contribution is 5.86. The third-order valence-electron chi connectivity index (χ3n) is 1.38. The molecule has 0 fully saturated rings. The Bertz CT molecular complexity index is 244. The van der Waals surface area contributed by atoms with E-state index in [2.05, 4.69) is 0 Å². The zero-order chi connectivity index (χ0) is 10.3. The van der Waals surface area contributed by atoms with Crippen molar-refractivity contribution < 1.29 is 9.59 Å². The van der Waals surface area contributed by atoms with Gasteiger partial charge < -0.3 is 11.5 Å². The van der Waals surface area contributed by atoms with Crippen LogP contribution < -0.4 is 11.5 Å². The zero-order valence-electron chi connectivity index (χ0n) is 7.57. The van der Waals surface area contributed by atoms with Crippen LogP contribution in [0.4, 0.5) is 0 Å². The Kier molecular flexibility index (Phi) is 5.27. The van der Waals surface area contributed by atoms with E-state index in [9.17, 15) is 9.59 Å². The molecule has 0 aromatic carbocycles. The van der Waals surface area contributed by atoms with Gasteiger partial charge in [0.15, 0.2) is 0 Å². The van der Waals surface area contributed by atoms with Crippen molar-refractivity contribution in [3.05, 3.63) is 24.3 Å². The molecule has 4 heteroatoms. The molecule has 0 aromatic rings. The molecular weight excluding hydrogens is 168 g/mol. The molecule has 0 rings (SSSR count). The Labute approximate surface area is 77.3 Å². The largest absolute Gasteiger partial charge is 0.366 e. The topological polar surface area (TPSA) is 86.2 Å². The van der Waals surface area contributed by atoms with Crippen LogP contribution in [-0.4, -0.2) is 11.8 Å². The quantitative estimate of drug-likeness (QED) is 0.590. The minimum atomic E-state index is -0.467. The molecule has 0 saturated carbocycles. The van der Waals surface area contributed by atoms with Crippen LogP contribution >= 0.6 is 0 Å². The van der Waals surface area contributed by atoms with Gasteiger partial charge in [0.1, 0.15) is 0 Å². The number of primary amides is 2. The fourth-order valence-electron chi connectivity index (χ4n) is 0.737. The lowest BCUT2D eigenvalue weighted by Gasteiger charge is -1.98. The number of amides is 2. The van der Waals surface area contributed by atoms with Gasteiger partial charge in [0.2, 0.25) is 11.8 Å². The van der Waals surface area contributed by atoms with Crippen molar-refractivity contribution in [2.45, 2.75) is 13.3 Å². The molecule has 13 heavy (non-hydrogen) atoms. The molecule has 4 N–H and O–H groups in total. The smallest absolute Gasteiger partial charge is 0.241 e. The monoisotopic (exact) mass is 182 g/mol. The van der Waals surface area contributed by atoms with Crippen LogP contribution in [0.1, 0.15) is 13.3 Å². The van der Waals surface area contributed by atoms with E-state index < -0.39 is 11.8 Å². The van der Waals surface area contributed by atoms with E-state index in [0.29, 0.717) is 6.42 Å². The van der Waals surface area contributed by atoms with Gasteiger partial charge in [0.05, 0.1) is 0 Å². The van der Waals surface area contributed by atoms with Gasteiger partial charge in [0, 0.05) is 0 Å². The van der Waals surface area contributed by atoms with Gasteiger partial charge in [-0.05, 0) is 24.5 Å². The second-order valence-corrected chi connectivity index (χ2v) is 2.78. The van der Waals surface area contributed by atoms with E-state index in [1.54, 1.807) is 12.2 Å². The van der Waals surface area contributed by atoms with Crippen molar-refractivity contribution >= 4 is 11.8 Å². The van der Waals surface area contributed by atoms with Crippen LogP contribution in [0.5, 0.6) is 0 Å². The van der Waals surface area contributed by atoms with Crippen LogP contribution in [0.15, 0.2) is 24.3 Å². The van der Waals surface area contributed by atoms with Gasteiger partial charge in [-0.3, -0.25) is 9.59 Å². The Morgan fingerprint density at radius 1 is 1.23 bits per heavy atom. The first kappa shape index (κ1) is 11.4. The molecule has 2 amide bonds. The molecule has 0 heterocycles. The van der Waals surface area contributed by atoms with Crippen molar-refractivity contribution in [2.24, 2.45) is 17.4 Å². The summed E-state index contributed by atoms with van der Waals surface area (Å²) in [5.41, 5.74) is 9.78. The van der Waals surface area contributed by atoms with E-state index in [0.717, 1.165) is 0 Å². The summed E-state index contributed by atoms with van der Waals surface area (Å²) in [7, 11) is 0. The molecule has 4 nitrogen and oxygen atoms in total. The fourth-order valence-corrected chi connectivity index (χ4v) is 0.737. The summed E-state index contributed by atoms with van der Waals surface area (Å²) in [5, 5.41) is 0. The number of hydrogen-bond donors (Lipinski definition) is 2. The Morgan fingerprint density at radius 3 is 2.23 bits per heavy atom. The third-order valence-corrected chi connectivity index (χ3v) is 1.38. The maximum atomic E-state index is 10.3. The van der Waals surface area contributed by atoms with E-state index >= 15 is 0 Å². The minimum Gasteiger partial charge on any atom is -0.366 e. The van der Waals surface area contributed by atoms with E-state index in [-0.39, 0.29) is 5.92 Å². The SMILES string of the molecule is CC(C=CC(N)=O)CC=CC(N)=O. The second kappa shape index (κ2) is 5.99. The summed E-state index contributed by atoms with van der Waals surface area (Å²) in [5.74, 6) is -0.764. The predicted octanol–water partition coefficient (Wildman–Crippen LogP) is 0.0956. The van der Waals surface area contributed by atoms with Gasteiger partial charge in [-0.25, -0.2) is 0 Å². The van der Waals surface area contributed by atoms with Crippen LogP contribution in [0.3, 0.4) is 0 Å². The minimum absolute atomic E-state index is 0.170. The van der Waals surface area contributed by atoms with Crippen molar-refractivity contribution in [1.82, 2.24) is 0 Å². The zero-order valence-corrected chi connectivity index (χ0v) is 7.57. The molecule has 72 valence electrons. The maximum Gasteiger partial charge on any atom is 0.241 e. The molecular formula is C9H14N2O2. The Hall–Kier alpha value is -1.58. The maximum absolute atomic E-state index is 10.3. The molecule has 0 bridgehead atoms. The molecule has 0 saturated heterocycles. The summed E-state index contributed by atoms with van der Waals surface area (Å²) in [6.45, 7) is 1.91. The predicted molar refractivity (Wildman–Crippen MR) is 50.4 cm³/mol.